The van der Waals surface area contributed by atoms with E-state index in [1.807, 2.05) is 78.8 Å². The second kappa shape index (κ2) is 12.9. The van der Waals surface area contributed by atoms with Crippen molar-refractivity contribution in [2.45, 2.75) is 116 Å². The first-order valence-corrected chi connectivity index (χ1v) is 18.4. The molecule has 0 radical (unpaired) electrons. The van der Waals surface area contributed by atoms with Gasteiger partial charge >= 0.3 is 0 Å². The Morgan fingerprint density at radius 2 is 1.75 bits per heavy atom. The van der Waals surface area contributed by atoms with E-state index < -0.39 is 62.1 Å². The largest absolute Gasteiger partial charge is 0.472 e. The predicted octanol–water partition coefficient (Wildman–Crippen LogP) is 3.44. The topological polar surface area (TPSA) is 164 Å². The van der Waals surface area contributed by atoms with E-state index in [0.29, 0.717) is 25.1 Å². The Balaban J connectivity index is 1.43. The number of pyridine rings is 1. The fraction of sp³-hybridized carbons (Fsp3) is 0.629. The van der Waals surface area contributed by atoms with E-state index in [0.717, 1.165) is 10.8 Å². The van der Waals surface area contributed by atoms with Crippen LogP contribution in [-0.4, -0.2) is 77.5 Å². The second-order valence-electron chi connectivity index (χ2n) is 15.9. The van der Waals surface area contributed by atoms with E-state index in [-0.39, 0.29) is 43.0 Å². The predicted molar refractivity (Wildman–Crippen MR) is 181 cm³/mol. The Kier molecular flexibility index (Phi) is 9.59. The van der Waals surface area contributed by atoms with Gasteiger partial charge in [0.05, 0.1) is 11.8 Å². The van der Waals surface area contributed by atoms with Gasteiger partial charge in [-0.2, -0.15) is 0 Å². The summed E-state index contributed by atoms with van der Waals surface area (Å²) in [5.41, 5.74) is -2.41. The number of sulfonamides is 1. The summed E-state index contributed by atoms with van der Waals surface area (Å²) >= 11 is 0. The van der Waals surface area contributed by atoms with Gasteiger partial charge < -0.3 is 20.3 Å². The first-order chi connectivity index (χ1) is 22.3. The molecule has 3 fully saturated rings. The molecule has 12 nitrogen and oxygen atoms in total. The minimum absolute atomic E-state index is 0.0377. The third-order valence-electron chi connectivity index (χ3n) is 9.42. The van der Waals surface area contributed by atoms with Gasteiger partial charge in [-0.25, -0.2) is 13.4 Å². The van der Waals surface area contributed by atoms with Crippen molar-refractivity contribution >= 4 is 44.4 Å². The van der Waals surface area contributed by atoms with Crippen LogP contribution in [0, 0.1) is 16.7 Å². The van der Waals surface area contributed by atoms with Crippen molar-refractivity contribution in [2.75, 3.05) is 6.54 Å². The normalized spacial score (nSPS) is 24.9. The third kappa shape index (κ3) is 7.76. The molecule has 1 aromatic heterocycles. The highest BCUT2D eigenvalue weighted by Gasteiger charge is 2.62. The highest BCUT2D eigenvalue weighted by molar-refractivity contribution is 7.91. The summed E-state index contributed by atoms with van der Waals surface area (Å²) < 4.78 is 33.9. The summed E-state index contributed by atoms with van der Waals surface area (Å²) in [5.74, 6) is -1.94. The van der Waals surface area contributed by atoms with E-state index in [2.05, 4.69) is 20.3 Å². The molecule has 262 valence electrons. The maximum absolute atomic E-state index is 14.4. The summed E-state index contributed by atoms with van der Waals surface area (Å²) in [5, 5.41) is 6.91. The maximum atomic E-state index is 14.4. The van der Waals surface area contributed by atoms with Crippen LogP contribution in [0.2, 0.25) is 0 Å². The van der Waals surface area contributed by atoms with Crippen molar-refractivity contribution < 1.29 is 32.3 Å². The molecular weight excluding hydrogens is 634 g/mol. The van der Waals surface area contributed by atoms with E-state index in [1.54, 1.807) is 6.20 Å². The molecule has 2 aliphatic carbocycles. The Hall–Kier alpha value is -3.74. The molecule has 48 heavy (non-hydrogen) atoms. The number of nitrogens with zero attached hydrogens (tertiary/aromatic N) is 2. The molecule has 2 heterocycles. The fourth-order valence-corrected chi connectivity index (χ4v) is 7.89. The molecule has 2 aromatic rings. The third-order valence-corrected chi connectivity index (χ3v) is 11.2. The number of carbonyl (C=O) groups is 4. The monoisotopic (exact) mass is 683 g/mol. The average Bonchev–Trinajstić information content (AvgIpc) is 3.91. The number of hydrogen-bond donors (Lipinski definition) is 3. The number of carbonyl (C=O) groups excluding carboxylic acids is 4. The van der Waals surface area contributed by atoms with Gasteiger partial charge in [-0.15, -0.1) is 0 Å². The van der Waals surface area contributed by atoms with E-state index >= 15 is 0 Å². The Labute approximate surface area is 283 Å². The molecule has 0 unspecified atom stereocenters. The number of rotatable bonds is 11. The highest BCUT2D eigenvalue weighted by atomic mass is 32.2. The Morgan fingerprint density at radius 3 is 2.35 bits per heavy atom. The number of nitrogens with one attached hydrogen (secondary N) is 3. The van der Waals surface area contributed by atoms with Crippen LogP contribution in [0.15, 0.2) is 36.5 Å². The zero-order chi connectivity index (χ0) is 35.2. The van der Waals surface area contributed by atoms with E-state index in [9.17, 15) is 27.6 Å². The zero-order valence-electron chi connectivity index (χ0n) is 29.0. The lowest BCUT2D eigenvalue weighted by atomic mass is 9.84. The van der Waals surface area contributed by atoms with Gasteiger partial charge in [0.25, 0.3) is 5.91 Å². The lowest BCUT2D eigenvalue weighted by Gasteiger charge is -2.36. The fourth-order valence-electron chi connectivity index (χ4n) is 6.52. The summed E-state index contributed by atoms with van der Waals surface area (Å²) in [6.45, 7) is 13.3. The summed E-state index contributed by atoms with van der Waals surface area (Å²) in [6, 6.07) is 7.46. The molecule has 4 amide bonds. The molecule has 3 aliphatic rings. The zero-order valence-corrected chi connectivity index (χ0v) is 29.8. The standard InChI is InChI=1S/C35H49N5O7S/c1-8-22-18-35(22,32(44)39-48(45,46)24-13-14-24)38-29(42)26-17-23(47-30-25-12-10-9-11-21(25)15-16-36-30)20-40(26)31(43)28(34(5,6)7)37-27(41)19-33(2,3)4/h9-12,15-16,22-24,26,28H,8,13-14,17-20H2,1-7H3,(H,37,41)(H,38,42)(H,39,44)/t22-,23-,26+,28-,35-/m1/s1. The van der Waals surface area contributed by atoms with Crippen molar-refractivity contribution in [2.24, 2.45) is 16.7 Å². The number of amides is 4. The van der Waals surface area contributed by atoms with Crippen molar-refractivity contribution in [3.63, 3.8) is 0 Å². The van der Waals surface area contributed by atoms with Crippen molar-refractivity contribution in [1.29, 1.82) is 0 Å². The first-order valence-electron chi connectivity index (χ1n) is 16.8. The SMILES string of the molecule is CC[C@@H]1C[C@]1(NC(=O)[C@@H]1C[C@@H](Oc2nccc3ccccc23)CN1C(=O)[C@@H](NC(=O)CC(C)(C)C)C(C)(C)C)C(=O)NS(=O)(=O)C1CC1. The summed E-state index contributed by atoms with van der Waals surface area (Å²) in [7, 11) is -3.84. The quantitative estimate of drug-likeness (QED) is 0.324. The number of hydrogen-bond acceptors (Lipinski definition) is 8. The van der Waals surface area contributed by atoms with Crippen LogP contribution in [0.25, 0.3) is 10.8 Å². The van der Waals surface area contributed by atoms with Crippen LogP contribution in [0.5, 0.6) is 5.88 Å². The van der Waals surface area contributed by atoms with Crippen LogP contribution in [-0.2, 0) is 29.2 Å². The molecule has 0 bridgehead atoms. The molecule has 2 saturated carbocycles. The highest BCUT2D eigenvalue weighted by Crippen LogP contribution is 2.47. The number of aromatic nitrogens is 1. The lowest BCUT2D eigenvalue weighted by molar-refractivity contribution is -0.144. The van der Waals surface area contributed by atoms with Crippen molar-refractivity contribution in [3.8, 4) is 5.88 Å². The minimum Gasteiger partial charge on any atom is -0.472 e. The molecule has 1 aromatic carbocycles. The van der Waals surface area contributed by atoms with Gasteiger partial charge in [0, 0.05) is 24.4 Å². The van der Waals surface area contributed by atoms with E-state index in [1.165, 1.54) is 4.90 Å². The van der Waals surface area contributed by atoms with Gasteiger partial charge in [-0.05, 0) is 53.5 Å². The Morgan fingerprint density at radius 1 is 1.06 bits per heavy atom. The number of likely N-dealkylation sites (tertiary alicyclic amines) is 1. The van der Waals surface area contributed by atoms with E-state index in [4.69, 9.17) is 4.74 Å². The van der Waals surface area contributed by atoms with Crippen LogP contribution in [0.1, 0.15) is 87.0 Å². The molecule has 1 aliphatic heterocycles. The smallest absolute Gasteiger partial charge is 0.259 e. The second-order valence-corrected chi connectivity index (χ2v) is 17.8. The van der Waals surface area contributed by atoms with Crippen molar-refractivity contribution in [1.82, 2.24) is 25.2 Å². The van der Waals surface area contributed by atoms with Gasteiger partial charge in [0.2, 0.25) is 33.6 Å². The molecule has 1 saturated heterocycles. The maximum Gasteiger partial charge on any atom is 0.259 e. The summed E-state index contributed by atoms with van der Waals surface area (Å²) in [4.78, 5) is 61.0. The average molecular weight is 684 g/mol. The van der Waals surface area contributed by atoms with Crippen molar-refractivity contribution in [3.05, 3.63) is 36.5 Å². The molecular formula is C35H49N5O7S. The van der Waals surface area contributed by atoms with Crippen LogP contribution < -0.4 is 20.1 Å². The minimum atomic E-state index is -3.84. The number of fused-ring (bicyclic) bond motifs is 1. The number of ether oxygens (including phenoxy) is 1. The van der Waals surface area contributed by atoms with Gasteiger partial charge in [-0.3, -0.25) is 23.9 Å². The summed E-state index contributed by atoms with van der Waals surface area (Å²) in [6.07, 6.45) is 3.13. The van der Waals surface area contributed by atoms with Crippen LogP contribution >= 0.6 is 0 Å². The van der Waals surface area contributed by atoms with Crippen LogP contribution in [0.3, 0.4) is 0 Å². The van der Waals surface area contributed by atoms with Gasteiger partial charge in [0.1, 0.15) is 23.7 Å². The molecule has 3 N–H and O–H groups in total. The molecule has 5 rings (SSSR count). The van der Waals surface area contributed by atoms with Crippen LogP contribution in [0.4, 0.5) is 0 Å². The first kappa shape index (κ1) is 35.6. The molecule has 5 atom stereocenters. The van der Waals surface area contributed by atoms with Gasteiger partial charge in [0.15, 0.2) is 0 Å². The van der Waals surface area contributed by atoms with Gasteiger partial charge in [-0.1, -0.05) is 73.1 Å². The Bertz CT molecular complexity index is 1690. The number of benzene rings is 1. The molecule has 13 heteroatoms. The molecule has 0 spiro atoms. The lowest BCUT2D eigenvalue weighted by Crippen LogP contribution is -2.60.